The van der Waals surface area contributed by atoms with Gasteiger partial charge in [-0.2, -0.15) is 0 Å². The van der Waals surface area contributed by atoms with E-state index in [1.807, 2.05) is 0 Å². The van der Waals surface area contributed by atoms with Gasteiger partial charge in [0.15, 0.2) is 5.37 Å². The van der Waals surface area contributed by atoms with Gasteiger partial charge in [0.2, 0.25) is 9.84 Å². The fourth-order valence-electron chi connectivity index (χ4n) is 2.63. The minimum Gasteiger partial charge on any atom is -0.465 e. The molecule has 1 unspecified atom stereocenters. The van der Waals surface area contributed by atoms with Gasteiger partial charge in [0.25, 0.3) is 0 Å². The first-order valence-electron chi connectivity index (χ1n) is 7.73. The minimum atomic E-state index is -4.12. The topological polar surface area (TPSA) is 74.7 Å². The molecule has 5 nitrogen and oxygen atoms in total. The van der Waals surface area contributed by atoms with Crippen molar-refractivity contribution in [2.45, 2.75) is 36.6 Å². The Morgan fingerprint density at radius 3 is 2.12 bits per heavy atom. The van der Waals surface area contributed by atoms with Crippen LogP contribution >= 0.6 is 23.2 Å². The van der Waals surface area contributed by atoms with Gasteiger partial charge in [-0.05, 0) is 39.0 Å². The summed E-state index contributed by atoms with van der Waals surface area (Å²) in [5, 5.41) is 8.41. The molecule has 2 rings (SSSR count). The summed E-state index contributed by atoms with van der Waals surface area (Å²) in [5.41, 5.74) is -0.898. The number of hydrogen-bond acceptors (Lipinski definition) is 3. The van der Waals surface area contributed by atoms with Gasteiger partial charge in [0.1, 0.15) is 0 Å². The van der Waals surface area contributed by atoms with E-state index in [2.05, 4.69) is 0 Å². The van der Waals surface area contributed by atoms with Gasteiger partial charge in [-0.25, -0.2) is 13.2 Å². The second-order valence-corrected chi connectivity index (χ2v) is 9.47. The highest BCUT2D eigenvalue weighted by Gasteiger charge is 2.43. The van der Waals surface area contributed by atoms with Gasteiger partial charge in [0.05, 0.1) is 14.9 Å². The number of hydrogen-bond donors (Lipinski definition) is 1. The second kappa shape index (κ2) is 7.47. The van der Waals surface area contributed by atoms with Crippen molar-refractivity contribution in [2.75, 3.05) is 0 Å². The predicted molar refractivity (Wildman–Crippen MR) is 102 cm³/mol. The number of benzene rings is 2. The van der Waals surface area contributed by atoms with E-state index >= 15 is 0 Å². The summed E-state index contributed by atoms with van der Waals surface area (Å²) in [7, 11) is -4.12. The molecule has 1 atom stereocenters. The van der Waals surface area contributed by atoms with Crippen LogP contribution in [0, 0.1) is 0 Å². The monoisotopic (exact) mass is 415 g/mol. The van der Waals surface area contributed by atoms with Crippen LogP contribution in [0.5, 0.6) is 0 Å². The summed E-state index contributed by atoms with van der Waals surface area (Å²) >= 11 is 12.3. The summed E-state index contributed by atoms with van der Waals surface area (Å²) < 4.78 is 26.8. The minimum absolute atomic E-state index is 0.00320. The molecule has 0 aliphatic heterocycles. The molecule has 26 heavy (non-hydrogen) atoms. The number of rotatable bonds is 4. The zero-order valence-corrected chi connectivity index (χ0v) is 16.8. The normalized spacial score (nSPS) is 13.3. The third-order valence-corrected chi connectivity index (χ3v) is 6.59. The standard InChI is InChI=1S/C18H19Cl2NO4S/c1-18(2,3)21(17(22)23)16(13-10-7-11-14(19)15(13)20)26(24,25)12-8-5-4-6-9-12/h4-11,16H,1-3H3,(H,22,23). The van der Waals surface area contributed by atoms with Crippen molar-refractivity contribution in [3.8, 4) is 0 Å². The van der Waals surface area contributed by atoms with E-state index in [0.29, 0.717) is 0 Å². The Kier molecular flexibility index (Phi) is 5.90. The van der Waals surface area contributed by atoms with Crippen molar-refractivity contribution < 1.29 is 18.3 Å². The molecular formula is C18H19Cl2NO4S. The van der Waals surface area contributed by atoms with Gasteiger partial charge in [-0.3, -0.25) is 4.90 Å². The van der Waals surface area contributed by atoms with Crippen molar-refractivity contribution in [3.63, 3.8) is 0 Å². The molecule has 1 N–H and O–H groups in total. The van der Waals surface area contributed by atoms with Gasteiger partial charge in [-0.1, -0.05) is 53.5 Å². The number of amides is 1. The van der Waals surface area contributed by atoms with Crippen molar-refractivity contribution in [3.05, 3.63) is 64.1 Å². The first-order valence-corrected chi connectivity index (χ1v) is 10.0. The molecule has 0 aliphatic rings. The molecule has 140 valence electrons. The molecule has 2 aromatic rings. The van der Waals surface area contributed by atoms with Gasteiger partial charge >= 0.3 is 6.09 Å². The van der Waals surface area contributed by atoms with Crippen LogP contribution in [0.1, 0.15) is 31.7 Å². The lowest BCUT2D eigenvalue weighted by Gasteiger charge is -2.39. The van der Waals surface area contributed by atoms with E-state index in [4.69, 9.17) is 23.2 Å². The van der Waals surface area contributed by atoms with E-state index in [1.54, 1.807) is 45.0 Å². The molecule has 2 aromatic carbocycles. The van der Waals surface area contributed by atoms with Gasteiger partial charge < -0.3 is 5.11 Å². The van der Waals surface area contributed by atoms with Crippen LogP contribution in [-0.4, -0.2) is 30.1 Å². The molecule has 0 heterocycles. The molecule has 1 amide bonds. The van der Waals surface area contributed by atoms with Crippen molar-refractivity contribution in [1.82, 2.24) is 4.90 Å². The third kappa shape index (κ3) is 3.98. The largest absolute Gasteiger partial charge is 0.465 e. The highest BCUT2D eigenvalue weighted by molar-refractivity contribution is 7.91. The molecular weight excluding hydrogens is 397 g/mol. The number of nitrogens with zero attached hydrogens (tertiary/aromatic N) is 1. The Hall–Kier alpha value is -1.76. The quantitative estimate of drug-likeness (QED) is 0.739. The van der Waals surface area contributed by atoms with E-state index in [0.717, 1.165) is 4.90 Å². The average Bonchev–Trinajstić information content (AvgIpc) is 2.54. The molecule has 0 saturated carbocycles. The first-order chi connectivity index (χ1) is 12.0. The average molecular weight is 416 g/mol. The zero-order valence-electron chi connectivity index (χ0n) is 14.5. The summed E-state index contributed by atoms with van der Waals surface area (Å²) in [5.74, 6) is 0. The smallest absolute Gasteiger partial charge is 0.409 e. The Labute approximate surface area is 163 Å². The van der Waals surface area contributed by atoms with Crippen LogP contribution in [0.3, 0.4) is 0 Å². The Balaban J connectivity index is 2.83. The third-order valence-electron chi connectivity index (χ3n) is 3.78. The summed E-state index contributed by atoms with van der Waals surface area (Å²) in [6.07, 6.45) is -1.38. The molecule has 0 saturated heterocycles. The van der Waals surface area contributed by atoms with Crippen LogP contribution in [0.25, 0.3) is 0 Å². The van der Waals surface area contributed by atoms with Crippen molar-refractivity contribution >= 4 is 39.1 Å². The van der Waals surface area contributed by atoms with E-state index < -0.39 is 26.8 Å². The predicted octanol–water partition coefficient (Wildman–Crippen LogP) is 5.24. The SMILES string of the molecule is CC(C)(C)N(C(=O)O)C(c1cccc(Cl)c1Cl)S(=O)(=O)c1ccccc1. The fourth-order valence-corrected chi connectivity index (χ4v) is 5.12. The highest BCUT2D eigenvalue weighted by atomic mass is 35.5. The first kappa shape index (κ1) is 20.6. The van der Waals surface area contributed by atoms with Crippen LogP contribution in [0.4, 0.5) is 4.79 Å². The van der Waals surface area contributed by atoms with Crippen LogP contribution < -0.4 is 0 Å². The van der Waals surface area contributed by atoms with Gasteiger partial charge in [0, 0.05) is 11.1 Å². The van der Waals surface area contributed by atoms with Crippen LogP contribution in [0.15, 0.2) is 53.4 Å². The maximum absolute atomic E-state index is 13.4. The summed E-state index contributed by atoms with van der Waals surface area (Å²) in [6, 6.07) is 12.2. The summed E-state index contributed by atoms with van der Waals surface area (Å²) in [6.45, 7) is 4.85. The number of carbonyl (C=O) groups is 1. The lowest BCUT2D eigenvalue weighted by atomic mass is 10.0. The molecule has 0 fully saturated rings. The number of sulfone groups is 1. The zero-order chi connectivity index (χ0) is 19.7. The molecule has 0 spiro atoms. The molecule has 8 heteroatoms. The van der Waals surface area contributed by atoms with E-state index in [9.17, 15) is 18.3 Å². The van der Waals surface area contributed by atoms with E-state index in [-0.39, 0.29) is 20.5 Å². The molecule has 0 bridgehead atoms. The molecule has 0 aromatic heterocycles. The highest BCUT2D eigenvalue weighted by Crippen LogP contribution is 2.41. The van der Waals surface area contributed by atoms with Crippen LogP contribution in [0.2, 0.25) is 10.0 Å². The van der Waals surface area contributed by atoms with Crippen molar-refractivity contribution in [2.24, 2.45) is 0 Å². The second-order valence-electron chi connectivity index (χ2n) is 6.68. The van der Waals surface area contributed by atoms with Crippen molar-refractivity contribution in [1.29, 1.82) is 0 Å². The lowest BCUT2D eigenvalue weighted by Crippen LogP contribution is -2.49. The molecule has 0 radical (unpaired) electrons. The van der Waals surface area contributed by atoms with Crippen LogP contribution in [-0.2, 0) is 9.84 Å². The fraction of sp³-hybridized carbons (Fsp3) is 0.278. The Morgan fingerprint density at radius 1 is 1.04 bits per heavy atom. The maximum Gasteiger partial charge on any atom is 0.409 e. The summed E-state index contributed by atoms with van der Waals surface area (Å²) in [4.78, 5) is 12.9. The molecule has 0 aliphatic carbocycles. The lowest BCUT2D eigenvalue weighted by molar-refractivity contribution is 0.0904. The number of halogens is 2. The number of carboxylic acid groups (broad SMARTS) is 1. The Morgan fingerprint density at radius 2 is 1.62 bits per heavy atom. The maximum atomic E-state index is 13.4. The Bertz CT molecular complexity index is 909. The van der Waals surface area contributed by atoms with E-state index in [1.165, 1.54) is 24.3 Å². The van der Waals surface area contributed by atoms with Gasteiger partial charge in [-0.15, -0.1) is 0 Å².